The summed E-state index contributed by atoms with van der Waals surface area (Å²) in [6.07, 6.45) is 1.71. The first-order valence-corrected chi connectivity index (χ1v) is 10.8. The normalized spacial score (nSPS) is 11.7. The monoisotopic (exact) mass is 408 g/mol. The number of fused-ring (bicyclic) bond motifs is 1. The lowest BCUT2D eigenvalue weighted by Gasteiger charge is -2.19. The molecule has 1 aromatic heterocycles. The molecule has 0 saturated heterocycles. The molecule has 0 fully saturated rings. The molecule has 0 amide bonds. The number of ether oxygens (including phenoxy) is 1. The van der Waals surface area contributed by atoms with Crippen molar-refractivity contribution in [3.05, 3.63) is 66.4 Å². The predicted octanol–water partition coefficient (Wildman–Crippen LogP) is 3.89. The van der Waals surface area contributed by atoms with Crippen LogP contribution in [0.4, 0.5) is 0 Å². The highest BCUT2D eigenvalue weighted by molar-refractivity contribution is 7.89. The first-order chi connectivity index (χ1) is 13.8. The second-order valence-electron chi connectivity index (χ2n) is 7.57. The number of nitrogens with zero attached hydrogens (tertiary/aromatic N) is 1. The minimum Gasteiger partial charge on any atom is -0.479 e. The Morgan fingerprint density at radius 2 is 1.72 bits per heavy atom. The van der Waals surface area contributed by atoms with Crippen LogP contribution in [0, 0.1) is 11.8 Å². The Hall–Kier alpha value is -2.88. The lowest BCUT2D eigenvalue weighted by molar-refractivity contribution is 0.374. The van der Waals surface area contributed by atoms with Gasteiger partial charge in [0, 0.05) is 11.6 Å². The number of pyridine rings is 1. The van der Waals surface area contributed by atoms with Crippen molar-refractivity contribution in [1.82, 2.24) is 9.71 Å². The number of nitrogens with one attached hydrogen (secondary N) is 1. The van der Waals surface area contributed by atoms with E-state index in [1.807, 2.05) is 42.5 Å². The molecule has 1 heterocycles. The molecule has 0 atom stereocenters. The quantitative estimate of drug-likeness (QED) is 0.651. The molecule has 0 spiro atoms. The van der Waals surface area contributed by atoms with Crippen molar-refractivity contribution in [2.45, 2.75) is 31.1 Å². The highest BCUT2D eigenvalue weighted by atomic mass is 32.2. The van der Waals surface area contributed by atoms with E-state index in [0.717, 1.165) is 16.5 Å². The molecule has 0 aliphatic heterocycles. The van der Waals surface area contributed by atoms with Gasteiger partial charge in [0.05, 0.1) is 11.4 Å². The van der Waals surface area contributed by atoms with Crippen LogP contribution in [0.2, 0.25) is 0 Å². The van der Waals surface area contributed by atoms with Gasteiger partial charge in [-0.15, -0.1) is 0 Å². The molecular weight excluding hydrogens is 384 g/mol. The van der Waals surface area contributed by atoms with Crippen LogP contribution in [0.3, 0.4) is 0 Å². The van der Waals surface area contributed by atoms with Crippen molar-refractivity contribution >= 4 is 20.9 Å². The van der Waals surface area contributed by atoms with E-state index in [1.54, 1.807) is 18.3 Å². The number of sulfonamides is 1. The molecule has 0 radical (unpaired) electrons. The summed E-state index contributed by atoms with van der Waals surface area (Å²) in [6.45, 7) is 6.42. The van der Waals surface area contributed by atoms with E-state index in [0.29, 0.717) is 5.75 Å². The Kier molecular flexibility index (Phi) is 6.21. The van der Waals surface area contributed by atoms with E-state index in [1.165, 1.54) is 0 Å². The maximum absolute atomic E-state index is 12.4. The largest absolute Gasteiger partial charge is 0.479 e. The maximum atomic E-state index is 12.4. The fraction of sp³-hybridized carbons (Fsp3) is 0.261. The summed E-state index contributed by atoms with van der Waals surface area (Å²) in [5.74, 6) is 6.25. The fourth-order valence-corrected chi connectivity index (χ4v) is 3.69. The summed E-state index contributed by atoms with van der Waals surface area (Å²) in [6, 6.07) is 16.4. The molecule has 0 aliphatic rings. The second kappa shape index (κ2) is 8.64. The van der Waals surface area contributed by atoms with Gasteiger partial charge in [-0.25, -0.2) is 8.42 Å². The van der Waals surface area contributed by atoms with Gasteiger partial charge in [-0.1, -0.05) is 62.9 Å². The number of aromatic nitrogens is 1. The lowest BCUT2D eigenvalue weighted by atomic mass is 9.87. The Morgan fingerprint density at radius 1 is 1.00 bits per heavy atom. The van der Waals surface area contributed by atoms with Crippen molar-refractivity contribution < 1.29 is 13.2 Å². The van der Waals surface area contributed by atoms with Gasteiger partial charge in [-0.05, 0) is 35.2 Å². The van der Waals surface area contributed by atoms with Gasteiger partial charge in [0.25, 0.3) is 0 Å². The van der Waals surface area contributed by atoms with E-state index in [9.17, 15) is 8.42 Å². The molecule has 150 valence electrons. The van der Waals surface area contributed by atoms with Gasteiger partial charge in [0.2, 0.25) is 10.0 Å². The van der Waals surface area contributed by atoms with Crippen LogP contribution >= 0.6 is 0 Å². The van der Waals surface area contributed by atoms with Crippen LogP contribution in [-0.2, 0) is 15.4 Å². The van der Waals surface area contributed by atoms with Crippen LogP contribution in [0.1, 0.15) is 26.3 Å². The minimum absolute atomic E-state index is 0.0144. The number of hydrogen-bond donors (Lipinski definition) is 1. The van der Waals surface area contributed by atoms with Gasteiger partial charge in [0.1, 0.15) is 17.9 Å². The standard InChI is InChI=1S/C23H24N2O3S/c1-23(2,3)19-11-13-20(14-12-19)29(26,27)25-16-4-5-17-28-21-10-6-8-18-9-7-15-24-22(18)21/h6-15,25H,16-17H2,1-3H3. The third-order valence-electron chi connectivity index (χ3n) is 4.40. The first-order valence-electron chi connectivity index (χ1n) is 9.30. The molecular formula is C23H24N2O3S. The summed E-state index contributed by atoms with van der Waals surface area (Å²) in [5, 5.41) is 0.989. The smallest absolute Gasteiger partial charge is 0.241 e. The molecule has 0 unspecified atom stereocenters. The van der Waals surface area contributed by atoms with Crippen LogP contribution in [-0.4, -0.2) is 26.6 Å². The van der Waals surface area contributed by atoms with Gasteiger partial charge >= 0.3 is 0 Å². The Labute approximate surface area is 172 Å². The van der Waals surface area contributed by atoms with Crippen LogP contribution in [0.25, 0.3) is 10.9 Å². The molecule has 5 nitrogen and oxygen atoms in total. The molecule has 29 heavy (non-hydrogen) atoms. The molecule has 6 heteroatoms. The third kappa shape index (κ3) is 5.35. The summed E-state index contributed by atoms with van der Waals surface area (Å²) >= 11 is 0. The van der Waals surface area contributed by atoms with Crippen molar-refractivity contribution in [2.24, 2.45) is 0 Å². The zero-order chi connectivity index (χ0) is 20.9. The van der Waals surface area contributed by atoms with Gasteiger partial charge in [0.15, 0.2) is 0 Å². The highest BCUT2D eigenvalue weighted by Crippen LogP contribution is 2.24. The number of benzene rings is 2. The Morgan fingerprint density at radius 3 is 2.45 bits per heavy atom. The van der Waals surface area contributed by atoms with Gasteiger partial charge < -0.3 is 4.74 Å². The van der Waals surface area contributed by atoms with Crippen LogP contribution in [0.15, 0.2) is 65.7 Å². The summed E-state index contributed by atoms with van der Waals surface area (Å²) in [5.41, 5.74) is 1.83. The molecule has 2 aromatic carbocycles. The Balaban J connectivity index is 1.55. The fourth-order valence-electron chi connectivity index (χ4n) is 2.77. The average Bonchev–Trinajstić information content (AvgIpc) is 2.70. The van der Waals surface area contributed by atoms with E-state index in [-0.39, 0.29) is 23.5 Å². The summed E-state index contributed by atoms with van der Waals surface area (Å²) in [4.78, 5) is 4.55. The number of hydrogen-bond acceptors (Lipinski definition) is 4. The Bertz CT molecular complexity index is 1150. The zero-order valence-electron chi connectivity index (χ0n) is 16.8. The van der Waals surface area contributed by atoms with Crippen LogP contribution < -0.4 is 9.46 Å². The lowest BCUT2D eigenvalue weighted by Crippen LogP contribution is -2.24. The van der Waals surface area contributed by atoms with E-state index < -0.39 is 10.0 Å². The summed E-state index contributed by atoms with van der Waals surface area (Å²) in [7, 11) is -3.59. The van der Waals surface area contributed by atoms with Crippen LogP contribution in [0.5, 0.6) is 5.75 Å². The molecule has 0 aliphatic carbocycles. The predicted molar refractivity (Wildman–Crippen MR) is 115 cm³/mol. The van der Waals surface area contributed by atoms with Crippen molar-refractivity contribution in [3.63, 3.8) is 0 Å². The van der Waals surface area contributed by atoms with Crippen molar-refractivity contribution in [3.8, 4) is 17.6 Å². The molecule has 3 aromatic rings. The molecule has 1 N–H and O–H groups in total. The maximum Gasteiger partial charge on any atom is 0.241 e. The number of para-hydroxylation sites is 1. The second-order valence-corrected chi connectivity index (χ2v) is 9.34. The minimum atomic E-state index is -3.59. The first kappa shape index (κ1) is 20.8. The third-order valence-corrected chi connectivity index (χ3v) is 5.82. The topological polar surface area (TPSA) is 68.3 Å². The van der Waals surface area contributed by atoms with E-state index in [4.69, 9.17) is 4.74 Å². The van der Waals surface area contributed by atoms with Gasteiger partial charge in [-0.3, -0.25) is 4.98 Å². The van der Waals surface area contributed by atoms with Gasteiger partial charge in [-0.2, -0.15) is 4.72 Å². The van der Waals surface area contributed by atoms with Crippen molar-refractivity contribution in [2.75, 3.05) is 13.2 Å². The van der Waals surface area contributed by atoms with E-state index in [2.05, 4.69) is 42.3 Å². The highest BCUT2D eigenvalue weighted by Gasteiger charge is 2.16. The van der Waals surface area contributed by atoms with E-state index >= 15 is 0 Å². The SMILES string of the molecule is CC(C)(C)c1ccc(S(=O)(=O)NCC#CCOc2cccc3cccnc23)cc1. The molecule has 3 rings (SSSR count). The molecule has 0 bridgehead atoms. The molecule has 0 saturated carbocycles. The zero-order valence-corrected chi connectivity index (χ0v) is 17.6. The number of rotatable bonds is 5. The summed E-state index contributed by atoms with van der Waals surface area (Å²) < 4.78 is 32.9. The average molecular weight is 409 g/mol. The van der Waals surface area contributed by atoms with Crippen molar-refractivity contribution in [1.29, 1.82) is 0 Å².